The number of hydrogen-bond donors (Lipinski definition) is 2. The second-order valence-corrected chi connectivity index (χ2v) is 7.00. The highest BCUT2D eigenvalue weighted by atomic mass is 16.5. The van der Waals surface area contributed by atoms with E-state index >= 15 is 0 Å². The minimum atomic E-state index is -0.786. The Morgan fingerprint density at radius 2 is 1.90 bits per heavy atom. The van der Waals surface area contributed by atoms with E-state index in [0.717, 1.165) is 5.56 Å². The van der Waals surface area contributed by atoms with Crippen molar-refractivity contribution in [1.29, 1.82) is 0 Å². The zero-order chi connectivity index (χ0) is 20.8. The number of carbonyl (C=O) groups is 1. The molecule has 2 atom stereocenters. The lowest BCUT2D eigenvalue weighted by Gasteiger charge is -2.36. The first kappa shape index (κ1) is 20.8. The zero-order valence-corrected chi connectivity index (χ0v) is 16.7. The lowest BCUT2D eigenvalue weighted by Crippen LogP contribution is -2.51. The minimum absolute atomic E-state index is 0.0446. The number of methoxy groups -OCH3 is 2. The van der Waals surface area contributed by atoms with Crippen LogP contribution in [0.5, 0.6) is 23.0 Å². The maximum absolute atomic E-state index is 12.5. The molecule has 0 aliphatic carbocycles. The highest BCUT2D eigenvalue weighted by Crippen LogP contribution is 2.32. The van der Waals surface area contributed by atoms with Crippen LogP contribution < -0.4 is 14.2 Å². The maximum atomic E-state index is 12.5. The Hall–Kier alpha value is -2.93. The SMILES string of the molecule is COc1ccc(O[C@@H]2CCN(C(=O)CCc3ccccc3O)C[C@H]2O)cc1OC. The highest BCUT2D eigenvalue weighted by Gasteiger charge is 2.31. The molecule has 2 N–H and O–H groups in total. The summed E-state index contributed by atoms with van der Waals surface area (Å²) in [5.41, 5.74) is 0.744. The summed E-state index contributed by atoms with van der Waals surface area (Å²) in [4.78, 5) is 14.2. The molecular weight excluding hydrogens is 374 g/mol. The molecule has 2 aromatic rings. The summed E-state index contributed by atoms with van der Waals surface area (Å²) in [5.74, 6) is 1.88. The van der Waals surface area contributed by atoms with E-state index in [9.17, 15) is 15.0 Å². The standard InChI is InChI=1S/C22H27NO6/c1-27-20-9-8-16(13-21(20)28-2)29-19-11-12-23(14-18(19)25)22(26)10-7-15-5-3-4-6-17(15)24/h3-6,8-9,13,18-19,24-25H,7,10-12,14H2,1-2H3/t18-,19-/m1/s1. The number of ether oxygens (including phenoxy) is 3. The van der Waals surface area contributed by atoms with Crippen molar-refractivity contribution in [2.24, 2.45) is 0 Å². The number of benzene rings is 2. The van der Waals surface area contributed by atoms with Crippen LogP contribution in [0.1, 0.15) is 18.4 Å². The summed E-state index contributed by atoms with van der Waals surface area (Å²) in [6.45, 7) is 0.728. The summed E-state index contributed by atoms with van der Waals surface area (Å²) in [6.07, 6.45) is 0.0775. The average Bonchev–Trinajstić information content (AvgIpc) is 2.74. The summed E-state index contributed by atoms with van der Waals surface area (Å²) in [5, 5.41) is 20.3. The number of aliphatic hydroxyl groups is 1. The fourth-order valence-electron chi connectivity index (χ4n) is 3.46. The topological polar surface area (TPSA) is 88.5 Å². The van der Waals surface area contributed by atoms with Gasteiger partial charge in [-0.3, -0.25) is 4.79 Å². The number of aromatic hydroxyl groups is 1. The Morgan fingerprint density at radius 1 is 1.14 bits per heavy atom. The van der Waals surface area contributed by atoms with Gasteiger partial charge in [0.2, 0.25) is 5.91 Å². The van der Waals surface area contributed by atoms with Gasteiger partial charge in [0.1, 0.15) is 23.7 Å². The van der Waals surface area contributed by atoms with E-state index in [1.165, 1.54) is 0 Å². The fraction of sp³-hybridized carbons (Fsp3) is 0.409. The molecule has 1 aliphatic heterocycles. The molecule has 3 rings (SSSR count). The summed E-state index contributed by atoms with van der Waals surface area (Å²) in [7, 11) is 3.11. The summed E-state index contributed by atoms with van der Waals surface area (Å²) >= 11 is 0. The molecule has 0 aromatic heterocycles. The van der Waals surface area contributed by atoms with Crippen LogP contribution in [0.4, 0.5) is 0 Å². The second-order valence-electron chi connectivity index (χ2n) is 7.00. The molecule has 1 heterocycles. The number of amides is 1. The van der Waals surface area contributed by atoms with Crippen LogP contribution in [0.2, 0.25) is 0 Å². The largest absolute Gasteiger partial charge is 0.508 e. The van der Waals surface area contributed by atoms with Crippen molar-refractivity contribution in [2.75, 3.05) is 27.3 Å². The number of nitrogens with zero attached hydrogens (tertiary/aromatic N) is 1. The number of aliphatic hydroxyl groups excluding tert-OH is 1. The number of likely N-dealkylation sites (tertiary alicyclic amines) is 1. The normalized spacial score (nSPS) is 18.9. The van der Waals surface area contributed by atoms with Crippen LogP contribution in [0.3, 0.4) is 0 Å². The number of hydrogen-bond acceptors (Lipinski definition) is 6. The number of β-amino-alcohol motifs (C(OH)–C–C–N with tert-alkyl or cyclic N) is 1. The number of rotatable bonds is 7. The van der Waals surface area contributed by atoms with Crippen molar-refractivity contribution in [3.05, 3.63) is 48.0 Å². The quantitative estimate of drug-likeness (QED) is 0.741. The molecule has 0 radical (unpaired) electrons. The molecule has 156 valence electrons. The van der Waals surface area contributed by atoms with E-state index in [4.69, 9.17) is 14.2 Å². The number of para-hydroxylation sites is 1. The Morgan fingerprint density at radius 3 is 2.59 bits per heavy atom. The van der Waals surface area contributed by atoms with E-state index in [-0.39, 0.29) is 24.6 Å². The van der Waals surface area contributed by atoms with Crippen LogP contribution in [-0.2, 0) is 11.2 Å². The Labute approximate surface area is 170 Å². The van der Waals surface area contributed by atoms with E-state index in [0.29, 0.717) is 36.6 Å². The van der Waals surface area contributed by atoms with Gasteiger partial charge in [-0.05, 0) is 30.2 Å². The summed E-state index contributed by atoms with van der Waals surface area (Å²) < 4.78 is 16.4. The van der Waals surface area contributed by atoms with E-state index in [1.54, 1.807) is 55.5 Å². The molecule has 7 nitrogen and oxygen atoms in total. The first-order valence-corrected chi connectivity index (χ1v) is 9.63. The number of piperidine rings is 1. The van der Waals surface area contributed by atoms with Crippen molar-refractivity contribution >= 4 is 5.91 Å². The Kier molecular flexibility index (Phi) is 6.82. The van der Waals surface area contributed by atoms with Gasteiger partial charge < -0.3 is 29.3 Å². The Balaban J connectivity index is 1.53. The third kappa shape index (κ3) is 5.12. The molecular formula is C22H27NO6. The molecule has 7 heteroatoms. The molecule has 1 saturated heterocycles. The molecule has 1 amide bonds. The molecule has 0 bridgehead atoms. The van der Waals surface area contributed by atoms with Crippen LogP contribution in [-0.4, -0.2) is 60.5 Å². The van der Waals surface area contributed by atoms with Gasteiger partial charge >= 0.3 is 0 Å². The van der Waals surface area contributed by atoms with Crippen molar-refractivity contribution in [2.45, 2.75) is 31.5 Å². The Bertz CT molecular complexity index is 840. The summed E-state index contributed by atoms with van der Waals surface area (Å²) in [6, 6.07) is 12.2. The van der Waals surface area contributed by atoms with Gasteiger partial charge in [0.05, 0.1) is 20.8 Å². The molecule has 2 aromatic carbocycles. The van der Waals surface area contributed by atoms with Crippen LogP contribution in [0, 0.1) is 0 Å². The van der Waals surface area contributed by atoms with Gasteiger partial charge in [-0.15, -0.1) is 0 Å². The second kappa shape index (κ2) is 9.52. The molecule has 0 saturated carbocycles. The lowest BCUT2D eigenvalue weighted by atomic mass is 10.0. The van der Waals surface area contributed by atoms with Gasteiger partial charge in [0.25, 0.3) is 0 Å². The van der Waals surface area contributed by atoms with Gasteiger partial charge in [0.15, 0.2) is 11.5 Å². The smallest absolute Gasteiger partial charge is 0.222 e. The number of carbonyl (C=O) groups excluding carboxylic acids is 1. The molecule has 1 aliphatic rings. The third-order valence-electron chi connectivity index (χ3n) is 5.12. The number of phenolic OH excluding ortho intramolecular Hbond substituents is 1. The molecule has 29 heavy (non-hydrogen) atoms. The molecule has 0 unspecified atom stereocenters. The minimum Gasteiger partial charge on any atom is -0.508 e. The monoisotopic (exact) mass is 401 g/mol. The highest BCUT2D eigenvalue weighted by molar-refractivity contribution is 5.76. The van der Waals surface area contributed by atoms with Gasteiger partial charge in [-0.25, -0.2) is 0 Å². The fourth-order valence-corrected chi connectivity index (χ4v) is 3.46. The van der Waals surface area contributed by atoms with Crippen LogP contribution in [0.25, 0.3) is 0 Å². The third-order valence-corrected chi connectivity index (χ3v) is 5.12. The first-order valence-electron chi connectivity index (χ1n) is 9.63. The molecule has 1 fully saturated rings. The van der Waals surface area contributed by atoms with Crippen molar-refractivity contribution < 1.29 is 29.2 Å². The molecule has 0 spiro atoms. The van der Waals surface area contributed by atoms with Gasteiger partial charge in [-0.2, -0.15) is 0 Å². The predicted molar refractivity (Wildman–Crippen MR) is 108 cm³/mol. The number of aryl methyl sites for hydroxylation is 1. The van der Waals surface area contributed by atoms with Crippen molar-refractivity contribution in [3.63, 3.8) is 0 Å². The van der Waals surface area contributed by atoms with Gasteiger partial charge in [-0.1, -0.05) is 18.2 Å². The van der Waals surface area contributed by atoms with Crippen molar-refractivity contribution in [3.8, 4) is 23.0 Å². The maximum Gasteiger partial charge on any atom is 0.222 e. The lowest BCUT2D eigenvalue weighted by molar-refractivity contribution is -0.137. The predicted octanol–water partition coefficient (Wildman–Crippen LogP) is 2.38. The average molecular weight is 401 g/mol. The van der Waals surface area contributed by atoms with Crippen molar-refractivity contribution in [1.82, 2.24) is 4.90 Å². The van der Waals surface area contributed by atoms with Gasteiger partial charge in [0, 0.05) is 25.5 Å². The number of phenols is 1. The van der Waals surface area contributed by atoms with E-state index in [1.807, 2.05) is 6.07 Å². The van der Waals surface area contributed by atoms with E-state index < -0.39 is 12.2 Å². The van der Waals surface area contributed by atoms with Crippen LogP contribution in [0.15, 0.2) is 42.5 Å². The van der Waals surface area contributed by atoms with Crippen LogP contribution >= 0.6 is 0 Å². The first-order chi connectivity index (χ1) is 14.0. The zero-order valence-electron chi connectivity index (χ0n) is 16.7. The van der Waals surface area contributed by atoms with E-state index in [2.05, 4.69) is 0 Å².